The van der Waals surface area contributed by atoms with E-state index >= 15 is 0 Å². The summed E-state index contributed by atoms with van der Waals surface area (Å²) in [4.78, 5) is 3.27. The number of benzene rings is 1. The quantitative estimate of drug-likeness (QED) is 0.793. The molecule has 0 aliphatic heterocycles. The molecule has 1 aliphatic rings. The predicted octanol–water partition coefficient (Wildman–Crippen LogP) is 2.87. The van der Waals surface area contributed by atoms with E-state index in [1.54, 1.807) is 0 Å². The van der Waals surface area contributed by atoms with Crippen LogP contribution in [0.5, 0.6) is 0 Å². The highest BCUT2D eigenvalue weighted by molar-refractivity contribution is 5.84. The fraction of sp³-hybridized carbons (Fsp3) is 0.429. The predicted molar refractivity (Wildman–Crippen MR) is 67.4 cm³/mol. The molecule has 0 amide bonds. The van der Waals surface area contributed by atoms with Crippen molar-refractivity contribution >= 4 is 10.9 Å². The van der Waals surface area contributed by atoms with Crippen molar-refractivity contribution in [2.45, 2.75) is 19.8 Å². The average Bonchev–Trinajstić information content (AvgIpc) is 2.65. The van der Waals surface area contributed by atoms with Crippen LogP contribution in [0.2, 0.25) is 0 Å². The van der Waals surface area contributed by atoms with Gasteiger partial charge in [0, 0.05) is 17.1 Å². The van der Waals surface area contributed by atoms with Crippen molar-refractivity contribution in [2.24, 2.45) is 17.1 Å². The Morgan fingerprint density at radius 3 is 2.81 bits per heavy atom. The lowest BCUT2D eigenvalue weighted by Crippen LogP contribution is -2.05. The summed E-state index contributed by atoms with van der Waals surface area (Å²) in [5.41, 5.74) is 8.90. The van der Waals surface area contributed by atoms with Crippen LogP contribution in [0.15, 0.2) is 30.5 Å². The number of aromatic nitrogens is 1. The van der Waals surface area contributed by atoms with Crippen LogP contribution in [0.4, 0.5) is 0 Å². The van der Waals surface area contributed by atoms with Gasteiger partial charge in [-0.15, -0.1) is 0 Å². The van der Waals surface area contributed by atoms with E-state index in [0.29, 0.717) is 17.3 Å². The molecule has 0 saturated heterocycles. The Labute approximate surface area is 95.8 Å². The van der Waals surface area contributed by atoms with Crippen molar-refractivity contribution < 1.29 is 0 Å². The number of H-pyrrole nitrogens is 1. The first-order valence-corrected chi connectivity index (χ1v) is 5.92. The number of aromatic amines is 1. The van der Waals surface area contributed by atoms with Crippen LogP contribution < -0.4 is 5.73 Å². The molecule has 1 heterocycles. The molecular formula is C14H18N2. The summed E-state index contributed by atoms with van der Waals surface area (Å²) in [5, 5.41) is 1.36. The fourth-order valence-electron chi connectivity index (χ4n) is 3.18. The summed E-state index contributed by atoms with van der Waals surface area (Å²) in [6, 6.07) is 8.69. The molecule has 2 nitrogen and oxygen atoms in total. The highest BCUT2D eigenvalue weighted by Gasteiger charge is 2.57. The van der Waals surface area contributed by atoms with Gasteiger partial charge < -0.3 is 10.7 Å². The first kappa shape index (κ1) is 9.91. The lowest BCUT2D eigenvalue weighted by Gasteiger charge is -2.04. The van der Waals surface area contributed by atoms with Crippen LogP contribution >= 0.6 is 0 Å². The Hall–Kier alpha value is -1.28. The van der Waals surface area contributed by atoms with Crippen LogP contribution in [0.25, 0.3) is 10.9 Å². The third-order valence-electron chi connectivity index (χ3n) is 4.27. The molecule has 1 saturated carbocycles. The zero-order valence-corrected chi connectivity index (χ0v) is 9.83. The van der Waals surface area contributed by atoms with Crippen molar-refractivity contribution in [2.75, 3.05) is 6.54 Å². The van der Waals surface area contributed by atoms with Crippen molar-refractivity contribution in [1.29, 1.82) is 0 Å². The van der Waals surface area contributed by atoms with Gasteiger partial charge >= 0.3 is 0 Å². The summed E-state index contributed by atoms with van der Waals surface area (Å²) >= 11 is 0. The number of hydrogen-bond acceptors (Lipinski definition) is 1. The molecule has 3 N–H and O–H groups in total. The van der Waals surface area contributed by atoms with E-state index in [-0.39, 0.29) is 0 Å². The van der Waals surface area contributed by atoms with E-state index in [4.69, 9.17) is 5.73 Å². The standard InChI is InChI=1S/C14H18N2/c1-14(2)11(8-15)13(14)10-4-3-5-12-9(10)6-7-16-12/h3-7,11,13,16H,8,15H2,1-2H3/t11-,13-/m1/s1. The highest BCUT2D eigenvalue weighted by atomic mass is 14.7. The van der Waals surface area contributed by atoms with Gasteiger partial charge in [-0.25, -0.2) is 0 Å². The Morgan fingerprint density at radius 2 is 2.12 bits per heavy atom. The van der Waals surface area contributed by atoms with Gasteiger partial charge in [-0.1, -0.05) is 26.0 Å². The van der Waals surface area contributed by atoms with Gasteiger partial charge in [0.2, 0.25) is 0 Å². The van der Waals surface area contributed by atoms with E-state index in [2.05, 4.69) is 43.1 Å². The molecule has 0 unspecified atom stereocenters. The zero-order chi connectivity index (χ0) is 11.3. The van der Waals surface area contributed by atoms with Gasteiger partial charge in [-0.05, 0) is 41.5 Å². The van der Waals surface area contributed by atoms with E-state index in [1.165, 1.54) is 16.5 Å². The van der Waals surface area contributed by atoms with E-state index < -0.39 is 0 Å². The molecule has 3 rings (SSSR count). The van der Waals surface area contributed by atoms with E-state index in [0.717, 1.165) is 6.54 Å². The molecule has 1 aliphatic carbocycles. The maximum atomic E-state index is 5.85. The lowest BCUT2D eigenvalue weighted by atomic mass is 10.00. The summed E-state index contributed by atoms with van der Waals surface area (Å²) in [5.74, 6) is 1.25. The monoisotopic (exact) mass is 214 g/mol. The van der Waals surface area contributed by atoms with Gasteiger partial charge in [0.05, 0.1) is 0 Å². The third kappa shape index (κ3) is 1.17. The molecule has 0 spiro atoms. The number of nitrogens with two attached hydrogens (primary N) is 1. The van der Waals surface area contributed by atoms with Crippen LogP contribution in [0.3, 0.4) is 0 Å². The van der Waals surface area contributed by atoms with E-state index in [9.17, 15) is 0 Å². The Balaban J connectivity index is 2.11. The van der Waals surface area contributed by atoms with Gasteiger partial charge in [0.1, 0.15) is 0 Å². The van der Waals surface area contributed by atoms with Crippen LogP contribution in [-0.4, -0.2) is 11.5 Å². The molecule has 0 bridgehead atoms. The Kier molecular flexibility index (Phi) is 1.93. The Bertz CT molecular complexity index is 524. The number of fused-ring (bicyclic) bond motifs is 1. The first-order valence-electron chi connectivity index (χ1n) is 5.92. The van der Waals surface area contributed by atoms with Crippen molar-refractivity contribution in [3.63, 3.8) is 0 Å². The maximum absolute atomic E-state index is 5.85. The molecule has 1 aromatic heterocycles. The third-order valence-corrected chi connectivity index (χ3v) is 4.27. The van der Waals surface area contributed by atoms with Gasteiger partial charge in [0.15, 0.2) is 0 Å². The minimum atomic E-state index is 0.361. The molecule has 0 radical (unpaired) electrons. The number of hydrogen-bond donors (Lipinski definition) is 2. The molecular weight excluding hydrogens is 196 g/mol. The average molecular weight is 214 g/mol. The second-order valence-corrected chi connectivity index (χ2v) is 5.43. The molecule has 1 aromatic carbocycles. The topological polar surface area (TPSA) is 41.8 Å². The largest absolute Gasteiger partial charge is 0.361 e. The smallest absolute Gasteiger partial charge is 0.0456 e. The SMILES string of the molecule is CC1(C)[C@H](CN)[C@H]1c1cccc2[nH]ccc12. The van der Waals surface area contributed by atoms with E-state index in [1.807, 2.05) is 6.20 Å². The van der Waals surface area contributed by atoms with Gasteiger partial charge in [-0.2, -0.15) is 0 Å². The summed E-state index contributed by atoms with van der Waals surface area (Å²) in [6.45, 7) is 5.43. The minimum Gasteiger partial charge on any atom is -0.361 e. The molecule has 2 atom stereocenters. The summed E-state index contributed by atoms with van der Waals surface area (Å²) in [6.07, 6.45) is 2.01. The van der Waals surface area contributed by atoms with Gasteiger partial charge in [-0.3, -0.25) is 0 Å². The van der Waals surface area contributed by atoms with Crippen LogP contribution in [0, 0.1) is 11.3 Å². The number of nitrogens with one attached hydrogen (secondary N) is 1. The molecule has 2 heteroatoms. The lowest BCUT2D eigenvalue weighted by molar-refractivity contribution is 0.559. The van der Waals surface area contributed by atoms with Gasteiger partial charge in [0.25, 0.3) is 0 Å². The maximum Gasteiger partial charge on any atom is 0.0456 e. The molecule has 1 fully saturated rings. The summed E-state index contributed by atoms with van der Waals surface area (Å²) < 4.78 is 0. The van der Waals surface area contributed by atoms with Crippen molar-refractivity contribution in [3.05, 3.63) is 36.0 Å². The fourth-order valence-corrected chi connectivity index (χ4v) is 3.18. The first-order chi connectivity index (χ1) is 7.66. The molecule has 84 valence electrons. The highest BCUT2D eigenvalue weighted by Crippen LogP contribution is 2.64. The van der Waals surface area contributed by atoms with Crippen LogP contribution in [0.1, 0.15) is 25.3 Å². The Morgan fingerprint density at radius 1 is 1.31 bits per heavy atom. The van der Waals surface area contributed by atoms with Crippen molar-refractivity contribution in [1.82, 2.24) is 4.98 Å². The second-order valence-electron chi connectivity index (χ2n) is 5.43. The summed E-state index contributed by atoms with van der Waals surface area (Å²) in [7, 11) is 0. The molecule has 16 heavy (non-hydrogen) atoms. The van der Waals surface area contributed by atoms with Crippen molar-refractivity contribution in [3.8, 4) is 0 Å². The zero-order valence-electron chi connectivity index (χ0n) is 9.83. The minimum absolute atomic E-state index is 0.361. The number of rotatable bonds is 2. The van der Waals surface area contributed by atoms with Crippen LogP contribution in [-0.2, 0) is 0 Å². The second kappa shape index (κ2) is 3.11. The normalized spacial score (nSPS) is 27.2. The molecule has 2 aromatic rings.